The lowest BCUT2D eigenvalue weighted by Crippen LogP contribution is -2.23. The molecule has 26 heavy (non-hydrogen) atoms. The van der Waals surface area contributed by atoms with Crippen molar-refractivity contribution in [1.29, 1.82) is 0 Å². The van der Waals surface area contributed by atoms with E-state index in [1.165, 1.54) is 6.42 Å². The van der Waals surface area contributed by atoms with Crippen LogP contribution in [0.3, 0.4) is 0 Å². The molecule has 2 aliphatic carbocycles. The second kappa shape index (κ2) is 10.4. The summed E-state index contributed by atoms with van der Waals surface area (Å²) in [5, 5.41) is 7.09. The van der Waals surface area contributed by atoms with Gasteiger partial charge >= 0.3 is 0 Å². The molecular weight excluding hydrogens is 320 g/mol. The molecule has 136 valence electrons. The number of allylic oxidation sites excluding steroid dienone is 10. The smallest absolute Gasteiger partial charge is 0.0805 e. The molecule has 0 radical (unpaired) electrons. The lowest BCUT2D eigenvalue weighted by atomic mass is 10.2. The van der Waals surface area contributed by atoms with Gasteiger partial charge in [-0.15, -0.1) is 0 Å². The third-order valence-electron chi connectivity index (χ3n) is 4.40. The number of fused-ring (bicyclic) bond motifs is 2. The van der Waals surface area contributed by atoms with Gasteiger partial charge in [-0.05, 0) is 50.0 Å². The summed E-state index contributed by atoms with van der Waals surface area (Å²) in [6.45, 7) is 3.52. The first-order valence-electron chi connectivity index (χ1n) is 9.61. The molecule has 0 saturated heterocycles. The Hall–Kier alpha value is -2.62. The minimum Gasteiger partial charge on any atom is -0.383 e. The number of aliphatic imine (C=N–C) groups is 2. The molecule has 0 saturated carbocycles. The van der Waals surface area contributed by atoms with Gasteiger partial charge in [0, 0.05) is 26.2 Å². The Labute approximate surface area is 156 Å². The molecule has 3 rings (SSSR count). The average Bonchev–Trinajstić information content (AvgIpc) is 3.01. The van der Waals surface area contributed by atoms with Gasteiger partial charge in [-0.1, -0.05) is 36.5 Å². The SMILES string of the molecule is C1=CC=C2NCCCCCNC3=CC=CC=CC3=NCCCN=C2C=C1. The molecule has 0 aromatic rings. The maximum atomic E-state index is 4.79. The van der Waals surface area contributed by atoms with Crippen LogP contribution in [-0.2, 0) is 0 Å². The second-order valence-corrected chi connectivity index (χ2v) is 6.45. The summed E-state index contributed by atoms with van der Waals surface area (Å²) < 4.78 is 0. The number of nitrogens with one attached hydrogen (secondary N) is 2. The highest BCUT2D eigenvalue weighted by atomic mass is 14.9. The Morgan fingerprint density at radius 1 is 0.577 bits per heavy atom. The van der Waals surface area contributed by atoms with Crippen molar-refractivity contribution in [3.8, 4) is 0 Å². The Balaban J connectivity index is 1.71. The fraction of sp³-hybridized carbons (Fsp3) is 0.364. The standard InChI is InChI=1S/C22H28N4/c1-4-11-19-21(13-6-1)25-17-10-18-26-22-14-7-2-5-12-20(22)24-16-9-3-8-15-23-19/h1-2,4-7,11-14,23-24H,3,8-10,15-18H2. The minimum absolute atomic E-state index is 0.782. The number of hydrogen-bond acceptors (Lipinski definition) is 4. The van der Waals surface area contributed by atoms with Gasteiger partial charge in [0.05, 0.1) is 22.8 Å². The van der Waals surface area contributed by atoms with Crippen LogP contribution in [0.5, 0.6) is 0 Å². The van der Waals surface area contributed by atoms with Crippen molar-refractivity contribution in [2.75, 3.05) is 26.2 Å². The van der Waals surface area contributed by atoms with Crippen LogP contribution >= 0.6 is 0 Å². The van der Waals surface area contributed by atoms with E-state index in [4.69, 9.17) is 9.98 Å². The molecule has 0 aromatic heterocycles. The topological polar surface area (TPSA) is 48.8 Å². The lowest BCUT2D eigenvalue weighted by Gasteiger charge is -2.13. The Morgan fingerprint density at radius 3 is 1.65 bits per heavy atom. The van der Waals surface area contributed by atoms with Crippen LogP contribution in [0.25, 0.3) is 0 Å². The van der Waals surface area contributed by atoms with Crippen molar-refractivity contribution in [3.05, 3.63) is 72.2 Å². The molecule has 0 atom stereocenters. The van der Waals surface area contributed by atoms with Crippen LogP contribution in [0, 0.1) is 0 Å². The molecule has 4 nitrogen and oxygen atoms in total. The summed E-state index contributed by atoms with van der Waals surface area (Å²) in [5.74, 6) is 0. The van der Waals surface area contributed by atoms with Crippen LogP contribution in [-0.4, -0.2) is 37.6 Å². The van der Waals surface area contributed by atoms with Crippen LogP contribution < -0.4 is 10.6 Å². The summed E-state index contributed by atoms with van der Waals surface area (Å²) >= 11 is 0. The molecule has 1 aliphatic heterocycles. The van der Waals surface area contributed by atoms with Crippen LogP contribution in [0.1, 0.15) is 25.7 Å². The van der Waals surface area contributed by atoms with Crippen molar-refractivity contribution < 1.29 is 0 Å². The second-order valence-electron chi connectivity index (χ2n) is 6.45. The molecule has 2 N–H and O–H groups in total. The molecule has 3 aliphatic rings. The largest absolute Gasteiger partial charge is 0.383 e. The average molecular weight is 348 g/mol. The summed E-state index contributed by atoms with van der Waals surface area (Å²) in [7, 11) is 0. The first-order valence-corrected chi connectivity index (χ1v) is 9.61. The monoisotopic (exact) mass is 348 g/mol. The fourth-order valence-corrected chi connectivity index (χ4v) is 2.99. The Bertz CT molecular complexity index is 654. The molecule has 0 amide bonds. The van der Waals surface area contributed by atoms with E-state index in [0.29, 0.717) is 0 Å². The first-order chi connectivity index (χ1) is 12.9. The van der Waals surface area contributed by atoms with E-state index in [1.54, 1.807) is 0 Å². The minimum atomic E-state index is 0.782. The predicted molar refractivity (Wildman–Crippen MR) is 112 cm³/mol. The maximum Gasteiger partial charge on any atom is 0.0805 e. The van der Waals surface area contributed by atoms with Crippen molar-refractivity contribution >= 4 is 11.4 Å². The van der Waals surface area contributed by atoms with Crippen LogP contribution in [0.15, 0.2) is 82.1 Å². The lowest BCUT2D eigenvalue weighted by molar-refractivity contribution is 0.629. The number of rotatable bonds is 0. The van der Waals surface area contributed by atoms with Gasteiger partial charge in [0.1, 0.15) is 0 Å². The van der Waals surface area contributed by atoms with Crippen molar-refractivity contribution in [2.24, 2.45) is 9.98 Å². The summed E-state index contributed by atoms with van der Waals surface area (Å²) in [6, 6.07) is 0. The van der Waals surface area contributed by atoms with E-state index < -0.39 is 0 Å². The van der Waals surface area contributed by atoms with Gasteiger partial charge in [-0.25, -0.2) is 0 Å². The van der Waals surface area contributed by atoms with E-state index >= 15 is 0 Å². The van der Waals surface area contributed by atoms with Gasteiger partial charge in [0.25, 0.3) is 0 Å². The maximum absolute atomic E-state index is 4.79. The molecule has 0 unspecified atom stereocenters. The highest BCUT2D eigenvalue weighted by Gasteiger charge is 2.06. The third-order valence-corrected chi connectivity index (χ3v) is 4.40. The zero-order chi connectivity index (χ0) is 17.9. The predicted octanol–water partition coefficient (Wildman–Crippen LogP) is 3.64. The van der Waals surface area contributed by atoms with Gasteiger partial charge in [0.15, 0.2) is 0 Å². The summed E-state index contributed by atoms with van der Waals surface area (Å²) in [4.78, 5) is 9.57. The molecule has 4 heteroatoms. The number of hydrogen-bond donors (Lipinski definition) is 2. The van der Waals surface area contributed by atoms with E-state index in [9.17, 15) is 0 Å². The molecule has 0 spiro atoms. The molecule has 0 fully saturated rings. The van der Waals surface area contributed by atoms with Crippen molar-refractivity contribution in [2.45, 2.75) is 25.7 Å². The zero-order valence-electron chi connectivity index (χ0n) is 15.3. The Morgan fingerprint density at radius 2 is 1.12 bits per heavy atom. The van der Waals surface area contributed by atoms with E-state index in [-0.39, 0.29) is 0 Å². The van der Waals surface area contributed by atoms with Gasteiger partial charge in [0.2, 0.25) is 0 Å². The molecular formula is C22H28N4. The van der Waals surface area contributed by atoms with E-state index in [1.807, 2.05) is 12.2 Å². The summed E-state index contributed by atoms with van der Waals surface area (Å²) in [5.41, 5.74) is 4.31. The van der Waals surface area contributed by atoms with Crippen molar-refractivity contribution in [3.63, 3.8) is 0 Å². The third kappa shape index (κ3) is 5.73. The summed E-state index contributed by atoms with van der Waals surface area (Å²) in [6.07, 6.45) is 25.2. The van der Waals surface area contributed by atoms with Gasteiger partial charge < -0.3 is 10.6 Å². The molecule has 1 heterocycles. The van der Waals surface area contributed by atoms with E-state index in [0.717, 1.165) is 68.3 Å². The quantitative estimate of drug-likeness (QED) is 0.702. The zero-order valence-corrected chi connectivity index (χ0v) is 15.3. The highest BCUT2D eigenvalue weighted by molar-refractivity contribution is 6.09. The molecule has 0 bridgehead atoms. The van der Waals surface area contributed by atoms with E-state index in [2.05, 4.69) is 59.2 Å². The van der Waals surface area contributed by atoms with Gasteiger partial charge in [-0.2, -0.15) is 0 Å². The number of nitrogens with zero attached hydrogens (tertiary/aromatic N) is 2. The fourth-order valence-electron chi connectivity index (χ4n) is 2.99. The first kappa shape index (κ1) is 18.2. The van der Waals surface area contributed by atoms with Crippen molar-refractivity contribution in [1.82, 2.24) is 10.6 Å². The van der Waals surface area contributed by atoms with Crippen LogP contribution in [0.2, 0.25) is 0 Å². The Kier molecular flexibility index (Phi) is 7.26. The highest BCUT2D eigenvalue weighted by Crippen LogP contribution is 2.07. The van der Waals surface area contributed by atoms with Gasteiger partial charge in [-0.3, -0.25) is 9.98 Å². The van der Waals surface area contributed by atoms with Crippen LogP contribution in [0.4, 0.5) is 0 Å². The molecule has 0 aromatic carbocycles. The normalized spacial score (nSPS) is 21.5.